The lowest BCUT2D eigenvalue weighted by molar-refractivity contribution is 0.269. The van der Waals surface area contributed by atoms with Crippen molar-refractivity contribution in [3.05, 3.63) is 47.5 Å². The molecule has 0 spiro atoms. The highest BCUT2D eigenvalue weighted by Crippen LogP contribution is 2.36. The van der Waals surface area contributed by atoms with Crippen molar-refractivity contribution in [3.8, 4) is 11.1 Å². The second-order valence-electron chi connectivity index (χ2n) is 5.90. The number of fused-ring (bicyclic) bond motifs is 3. The molecule has 2 heterocycles. The molecule has 3 aromatic rings. The Kier molecular flexibility index (Phi) is 3.12. The molecule has 22 heavy (non-hydrogen) atoms. The average Bonchev–Trinajstić information content (AvgIpc) is 2.96. The van der Waals surface area contributed by atoms with E-state index in [1.807, 2.05) is 0 Å². The Labute approximate surface area is 129 Å². The largest absolute Gasteiger partial charge is 0.382 e. The maximum atomic E-state index is 6.07. The van der Waals surface area contributed by atoms with E-state index in [0.29, 0.717) is 5.82 Å². The van der Waals surface area contributed by atoms with Gasteiger partial charge in [-0.2, -0.15) is 5.10 Å². The summed E-state index contributed by atoms with van der Waals surface area (Å²) in [6.45, 7) is 5.35. The van der Waals surface area contributed by atoms with E-state index in [9.17, 15) is 0 Å². The standard InChI is InChI=1S/C18H20N4/c1-2-22-9-8-13-14(12-6-4-3-5-7-12)10-15-17(16(13)11-22)20-21-18(15)19/h3-7,10H,2,8-9,11H2,1H3,(H3,19,20,21). The second-order valence-corrected chi connectivity index (χ2v) is 5.90. The highest BCUT2D eigenvalue weighted by Gasteiger charge is 2.23. The van der Waals surface area contributed by atoms with Gasteiger partial charge in [0.25, 0.3) is 0 Å². The van der Waals surface area contributed by atoms with Gasteiger partial charge in [-0.15, -0.1) is 0 Å². The van der Waals surface area contributed by atoms with Crippen molar-refractivity contribution >= 4 is 16.7 Å². The molecular weight excluding hydrogens is 272 g/mol. The number of nitrogens with zero attached hydrogens (tertiary/aromatic N) is 2. The molecule has 0 fully saturated rings. The van der Waals surface area contributed by atoms with E-state index in [1.165, 1.54) is 22.3 Å². The summed E-state index contributed by atoms with van der Waals surface area (Å²) in [5.41, 5.74) is 12.5. The Morgan fingerprint density at radius 1 is 1.23 bits per heavy atom. The first-order chi connectivity index (χ1) is 10.8. The van der Waals surface area contributed by atoms with Crippen LogP contribution in [-0.2, 0) is 13.0 Å². The molecule has 0 atom stereocenters. The van der Waals surface area contributed by atoms with Crippen LogP contribution in [-0.4, -0.2) is 28.2 Å². The SMILES string of the molecule is CCN1CCc2c(-c3ccccc3)cc3c(N)n[nH]c3c2C1. The molecule has 2 aromatic carbocycles. The van der Waals surface area contributed by atoms with Crippen molar-refractivity contribution in [2.24, 2.45) is 0 Å². The van der Waals surface area contributed by atoms with Crippen molar-refractivity contribution in [2.75, 3.05) is 18.8 Å². The van der Waals surface area contributed by atoms with E-state index in [1.54, 1.807) is 0 Å². The zero-order valence-corrected chi connectivity index (χ0v) is 12.8. The highest BCUT2D eigenvalue weighted by atomic mass is 15.2. The number of H-pyrrole nitrogens is 1. The smallest absolute Gasteiger partial charge is 0.153 e. The number of anilines is 1. The molecule has 0 bridgehead atoms. The molecule has 0 aliphatic carbocycles. The summed E-state index contributed by atoms with van der Waals surface area (Å²) < 4.78 is 0. The number of hydrogen-bond donors (Lipinski definition) is 2. The predicted molar refractivity (Wildman–Crippen MR) is 90.6 cm³/mol. The van der Waals surface area contributed by atoms with Gasteiger partial charge in [-0.1, -0.05) is 37.3 Å². The van der Waals surface area contributed by atoms with Crippen LogP contribution < -0.4 is 5.73 Å². The van der Waals surface area contributed by atoms with Crippen LogP contribution in [0.2, 0.25) is 0 Å². The first-order valence-electron chi connectivity index (χ1n) is 7.84. The highest BCUT2D eigenvalue weighted by molar-refractivity contribution is 5.96. The average molecular weight is 292 g/mol. The third kappa shape index (κ3) is 1.99. The van der Waals surface area contributed by atoms with E-state index >= 15 is 0 Å². The molecule has 1 aliphatic heterocycles. The zero-order chi connectivity index (χ0) is 15.1. The fourth-order valence-corrected chi connectivity index (χ4v) is 3.46. The Hall–Kier alpha value is -2.33. The zero-order valence-electron chi connectivity index (χ0n) is 12.8. The van der Waals surface area contributed by atoms with Crippen molar-refractivity contribution in [1.82, 2.24) is 15.1 Å². The summed E-state index contributed by atoms with van der Waals surface area (Å²) in [4.78, 5) is 2.47. The van der Waals surface area contributed by atoms with E-state index in [4.69, 9.17) is 5.73 Å². The fraction of sp³-hybridized carbons (Fsp3) is 0.278. The molecule has 1 aliphatic rings. The number of nitrogens with two attached hydrogens (primary N) is 1. The molecule has 3 N–H and O–H groups in total. The minimum absolute atomic E-state index is 0.587. The molecule has 0 amide bonds. The molecule has 0 saturated heterocycles. The summed E-state index contributed by atoms with van der Waals surface area (Å²) >= 11 is 0. The van der Waals surface area contributed by atoms with Gasteiger partial charge in [0.05, 0.1) is 5.52 Å². The number of benzene rings is 2. The van der Waals surface area contributed by atoms with Crippen LogP contribution in [0.4, 0.5) is 5.82 Å². The van der Waals surface area contributed by atoms with E-state index in [2.05, 4.69) is 58.4 Å². The summed E-state index contributed by atoms with van der Waals surface area (Å²) in [6.07, 6.45) is 1.07. The lowest BCUT2D eigenvalue weighted by Crippen LogP contribution is -2.30. The predicted octanol–water partition coefficient (Wildman–Crippen LogP) is 3.19. The van der Waals surface area contributed by atoms with E-state index in [-0.39, 0.29) is 0 Å². The van der Waals surface area contributed by atoms with Crippen LogP contribution in [0.15, 0.2) is 36.4 Å². The number of aromatic nitrogens is 2. The number of nitrogen functional groups attached to an aromatic ring is 1. The van der Waals surface area contributed by atoms with Crippen LogP contribution >= 0.6 is 0 Å². The summed E-state index contributed by atoms with van der Waals surface area (Å²) in [7, 11) is 0. The number of rotatable bonds is 2. The van der Waals surface area contributed by atoms with Gasteiger partial charge in [-0.25, -0.2) is 0 Å². The van der Waals surface area contributed by atoms with Gasteiger partial charge in [-0.05, 0) is 41.3 Å². The number of likely N-dealkylation sites (N-methyl/N-ethyl adjacent to an activating group) is 1. The molecule has 4 nitrogen and oxygen atoms in total. The normalized spacial score (nSPS) is 15.1. The fourth-order valence-electron chi connectivity index (χ4n) is 3.46. The van der Waals surface area contributed by atoms with Crippen molar-refractivity contribution in [1.29, 1.82) is 0 Å². The van der Waals surface area contributed by atoms with Gasteiger partial charge in [0.15, 0.2) is 5.82 Å². The van der Waals surface area contributed by atoms with Gasteiger partial charge in [-0.3, -0.25) is 10.00 Å². The van der Waals surface area contributed by atoms with E-state index in [0.717, 1.165) is 37.0 Å². The van der Waals surface area contributed by atoms with Gasteiger partial charge < -0.3 is 5.73 Å². The number of nitrogens with one attached hydrogen (secondary N) is 1. The Bertz CT molecular complexity index is 820. The maximum Gasteiger partial charge on any atom is 0.153 e. The van der Waals surface area contributed by atoms with Gasteiger partial charge >= 0.3 is 0 Å². The van der Waals surface area contributed by atoms with Gasteiger partial charge in [0.2, 0.25) is 0 Å². The van der Waals surface area contributed by atoms with Crippen LogP contribution in [0.3, 0.4) is 0 Å². The molecule has 112 valence electrons. The summed E-state index contributed by atoms with van der Waals surface area (Å²) in [6, 6.07) is 12.8. The van der Waals surface area contributed by atoms with Crippen LogP contribution in [0.1, 0.15) is 18.1 Å². The minimum Gasteiger partial charge on any atom is -0.382 e. The van der Waals surface area contributed by atoms with Crippen LogP contribution in [0, 0.1) is 0 Å². The first kappa shape index (κ1) is 13.3. The Balaban J connectivity index is 2.00. The topological polar surface area (TPSA) is 57.9 Å². The van der Waals surface area contributed by atoms with Crippen molar-refractivity contribution in [2.45, 2.75) is 19.9 Å². The van der Waals surface area contributed by atoms with Gasteiger partial charge in [0.1, 0.15) is 0 Å². The van der Waals surface area contributed by atoms with Crippen LogP contribution in [0.25, 0.3) is 22.0 Å². The van der Waals surface area contributed by atoms with E-state index < -0.39 is 0 Å². The third-order valence-electron chi connectivity index (χ3n) is 4.71. The molecule has 4 rings (SSSR count). The lowest BCUT2D eigenvalue weighted by Gasteiger charge is -2.29. The molecule has 0 unspecified atom stereocenters. The number of aromatic amines is 1. The van der Waals surface area contributed by atoms with Crippen molar-refractivity contribution in [3.63, 3.8) is 0 Å². The quantitative estimate of drug-likeness (QED) is 0.762. The molecule has 4 heteroatoms. The molecule has 0 radical (unpaired) electrons. The van der Waals surface area contributed by atoms with Gasteiger partial charge in [0, 0.05) is 18.5 Å². The minimum atomic E-state index is 0.587. The second kappa shape index (κ2) is 5.14. The summed E-state index contributed by atoms with van der Waals surface area (Å²) in [5, 5.41) is 8.40. The first-order valence-corrected chi connectivity index (χ1v) is 7.84. The molecule has 1 aromatic heterocycles. The molecule has 0 saturated carbocycles. The third-order valence-corrected chi connectivity index (χ3v) is 4.71. The Morgan fingerprint density at radius 3 is 2.82 bits per heavy atom. The van der Waals surface area contributed by atoms with Crippen molar-refractivity contribution < 1.29 is 0 Å². The monoisotopic (exact) mass is 292 g/mol. The Morgan fingerprint density at radius 2 is 2.05 bits per heavy atom. The summed E-state index contributed by atoms with van der Waals surface area (Å²) in [5.74, 6) is 0.587. The van der Waals surface area contributed by atoms with Crippen LogP contribution in [0.5, 0.6) is 0 Å². The molecular formula is C18H20N4. The lowest BCUT2D eigenvalue weighted by atomic mass is 9.88. The number of hydrogen-bond acceptors (Lipinski definition) is 3. The maximum absolute atomic E-state index is 6.07.